The number of carbonyl (C=O) groups excluding carboxylic acids is 1. The van der Waals surface area contributed by atoms with Crippen LogP contribution >= 0.6 is 11.6 Å². The van der Waals surface area contributed by atoms with Crippen LogP contribution in [0.2, 0.25) is 5.02 Å². The first-order chi connectivity index (χ1) is 11.1. The van der Waals surface area contributed by atoms with Gasteiger partial charge in [0.15, 0.2) is 0 Å². The lowest BCUT2D eigenvalue weighted by Crippen LogP contribution is -2.32. The third-order valence-corrected chi connectivity index (χ3v) is 4.61. The second kappa shape index (κ2) is 9.14. The molecule has 2 N–H and O–H groups in total. The molecule has 0 saturated carbocycles. The molecule has 1 aliphatic rings. The van der Waals surface area contributed by atoms with Gasteiger partial charge < -0.3 is 15.4 Å². The maximum atomic E-state index is 12.4. The van der Waals surface area contributed by atoms with Crippen LogP contribution in [-0.4, -0.2) is 25.6 Å². The summed E-state index contributed by atoms with van der Waals surface area (Å²) in [5.41, 5.74) is 0.661. The molecular formula is C18H27ClN2O2. The van der Waals surface area contributed by atoms with Gasteiger partial charge in [-0.3, -0.25) is 4.79 Å². The summed E-state index contributed by atoms with van der Waals surface area (Å²) in [7, 11) is 0. The van der Waals surface area contributed by atoms with Crippen LogP contribution in [0.1, 0.15) is 39.5 Å². The summed E-state index contributed by atoms with van der Waals surface area (Å²) in [5.74, 6) is 1.72. The first-order valence-electron chi connectivity index (χ1n) is 8.53. The Kier molecular flexibility index (Phi) is 7.18. The average Bonchev–Trinajstić information content (AvgIpc) is 2.55. The van der Waals surface area contributed by atoms with E-state index < -0.39 is 0 Å². The number of anilines is 1. The quantitative estimate of drug-likeness (QED) is 0.787. The number of ether oxygens (including phenoxy) is 1. The van der Waals surface area contributed by atoms with E-state index in [1.54, 1.807) is 12.1 Å². The Morgan fingerprint density at radius 1 is 1.43 bits per heavy atom. The number of hydrogen-bond acceptors (Lipinski definition) is 3. The second-order valence-electron chi connectivity index (χ2n) is 6.31. The zero-order valence-corrected chi connectivity index (χ0v) is 14.8. The highest BCUT2D eigenvalue weighted by Crippen LogP contribution is 2.30. The number of rotatable bonds is 7. The van der Waals surface area contributed by atoms with Gasteiger partial charge in [-0.1, -0.05) is 25.4 Å². The molecule has 1 amide bonds. The molecule has 5 heteroatoms. The van der Waals surface area contributed by atoms with E-state index in [1.807, 2.05) is 6.07 Å². The molecular weight excluding hydrogens is 312 g/mol. The molecule has 23 heavy (non-hydrogen) atoms. The lowest BCUT2D eigenvalue weighted by Gasteiger charge is -2.28. The number of carbonyl (C=O) groups is 1. The van der Waals surface area contributed by atoms with Crippen LogP contribution < -0.4 is 15.4 Å². The van der Waals surface area contributed by atoms with Gasteiger partial charge >= 0.3 is 0 Å². The Hall–Kier alpha value is -1.26. The van der Waals surface area contributed by atoms with Gasteiger partial charge in [-0.25, -0.2) is 0 Å². The molecule has 1 heterocycles. The van der Waals surface area contributed by atoms with Crippen LogP contribution in [0.3, 0.4) is 0 Å². The Morgan fingerprint density at radius 3 is 2.87 bits per heavy atom. The van der Waals surface area contributed by atoms with Crippen molar-refractivity contribution >= 4 is 23.2 Å². The van der Waals surface area contributed by atoms with E-state index in [-0.39, 0.29) is 5.91 Å². The first-order valence-corrected chi connectivity index (χ1v) is 8.91. The van der Waals surface area contributed by atoms with Crippen molar-refractivity contribution in [2.24, 2.45) is 11.8 Å². The van der Waals surface area contributed by atoms with Gasteiger partial charge in [0, 0.05) is 11.4 Å². The Labute approximate surface area is 143 Å². The van der Waals surface area contributed by atoms with E-state index in [1.165, 1.54) is 0 Å². The summed E-state index contributed by atoms with van der Waals surface area (Å²) < 4.78 is 5.68. The summed E-state index contributed by atoms with van der Waals surface area (Å²) in [4.78, 5) is 12.4. The molecule has 2 rings (SSSR count). The monoisotopic (exact) mass is 338 g/mol. The third kappa shape index (κ3) is 5.70. The Bertz CT molecular complexity index is 516. The highest BCUT2D eigenvalue weighted by Gasteiger charge is 2.22. The van der Waals surface area contributed by atoms with Crippen LogP contribution in [0, 0.1) is 11.8 Å². The highest BCUT2D eigenvalue weighted by molar-refractivity contribution is 6.31. The molecule has 1 aliphatic heterocycles. The van der Waals surface area contributed by atoms with E-state index in [0.29, 0.717) is 41.3 Å². The van der Waals surface area contributed by atoms with E-state index >= 15 is 0 Å². The molecule has 0 aromatic heterocycles. The minimum atomic E-state index is 0.0275. The third-order valence-electron chi connectivity index (χ3n) is 4.37. The van der Waals surface area contributed by atoms with Crippen LogP contribution in [0.15, 0.2) is 18.2 Å². The van der Waals surface area contributed by atoms with Gasteiger partial charge in [0.1, 0.15) is 5.75 Å². The summed E-state index contributed by atoms with van der Waals surface area (Å²) in [6, 6.07) is 5.34. The largest absolute Gasteiger partial charge is 0.491 e. The Balaban J connectivity index is 1.94. The van der Waals surface area contributed by atoms with Crippen molar-refractivity contribution in [1.82, 2.24) is 5.32 Å². The number of hydrogen-bond donors (Lipinski definition) is 2. The maximum absolute atomic E-state index is 12.4. The number of nitrogens with one attached hydrogen (secondary N) is 2. The molecule has 1 atom stereocenters. The smallest absolute Gasteiger partial charge is 0.224 e. The van der Waals surface area contributed by atoms with E-state index in [4.69, 9.17) is 16.3 Å². The normalized spacial score (nSPS) is 16.8. The molecule has 1 unspecified atom stereocenters. The van der Waals surface area contributed by atoms with Gasteiger partial charge in [0.05, 0.1) is 12.3 Å². The van der Waals surface area contributed by atoms with Gasteiger partial charge in [0.2, 0.25) is 5.91 Å². The van der Waals surface area contributed by atoms with Gasteiger partial charge in [0.25, 0.3) is 0 Å². The topological polar surface area (TPSA) is 50.4 Å². The zero-order valence-electron chi connectivity index (χ0n) is 14.0. The summed E-state index contributed by atoms with van der Waals surface area (Å²) in [6.45, 7) is 6.95. The molecule has 1 saturated heterocycles. The van der Waals surface area contributed by atoms with E-state index in [9.17, 15) is 4.79 Å². The fourth-order valence-electron chi connectivity index (χ4n) is 3.01. The van der Waals surface area contributed by atoms with Gasteiger partial charge in [-0.15, -0.1) is 0 Å². The highest BCUT2D eigenvalue weighted by atomic mass is 35.5. The minimum absolute atomic E-state index is 0.0275. The number of benzene rings is 1. The predicted molar refractivity (Wildman–Crippen MR) is 95.2 cm³/mol. The predicted octanol–water partition coefficient (Wildman–Crippen LogP) is 4.09. The number of piperidine rings is 1. The lowest BCUT2D eigenvalue weighted by molar-refractivity contribution is -0.117. The van der Waals surface area contributed by atoms with Crippen LogP contribution in [-0.2, 0) is 4.79 Å². The zero-order chi connectivity index (χ0) is 16.7. The Morgan fingerprint density at radius 2 is 2.17 bits per heavy atom. The standard InChI is InChI=1S/C18H27ClN2O2/c1-3-10-23-17-5-4-15(19)12-16(17)21-18(22)11-13(2)14-6-8-20-9-7-14/h4-5,12-14,20H,3,6-11H2,1-2H3,(H,21,22). The fraction of sp³-hybridized carbons (Fsp3) is 0.611. The van der Waals surface area contributed by atoms with Crippen LogP contribution in [0.5, 0.6) is 5.75 Å². The number of halogens is 1. The van der Waals surface area contributed by atoms with Crippen molar-refractivity contribution in [3.63, 3.8) is 0 Å². The molecule has 0 spiro atoms. The second-order valence-corrected chi connectivity index (χ2v) is 6.74. The molecule has 1 aromatic rings. The van der Waals surface area contributed by atoms with Crippen molar-refractivity contribution < 1.29 is 9.53 Å². The van der Waals surface area contributed by atoms with Crippen molar-refractivity contribution in [2.75, 3.05) is 25.0 Å². The molecule has 128 valence electrons. The fourth-order valence-corrected chi connectivity index (χ4v) is 3.18. The summed E-state index contributed by atoms with van der Waals surface area (Å²) >= 11 is 6.05. The van der Waals surface area contributed by atoms with Crippen molar-refractivity contribution in [2.45, 2.75) is 39.5 Å². The number of amides is 1. The van der Waals surface area contributed by atoms with E-state index in [0.717, 1.165) is 32.4 Å². The SMILES string of the molecule is CCCOc1ccc(Cl)cc1NC(=O)CC(C)C1CCNCC1. The van der Waals surface area contributed by atoms with Crippen LogP contribution in [0.4, 0.5) is 5.69 Å². The molecule has 0 radical (unpaired) electrons. The molecule has 0 aliphatic carbocycles. The maximum Gasteiger partial charge on any atom is 0.224 e. The molecule has 0 bridgehead atoms. The van der Waals surface area contributed by atoms with Crippen molar-refractivity contribution in [3.05, 3.63) is 23.2 Å². The van der Waals surface area contributed by atoms with Gasteiger partial charge in [-0.05, 0) is 62.4 Å². The first kappa shape index (κ1) is 18.1. The van der Waals surface area contributed by atoms with Gasteiger partial charge in [-0.2, -0.15) is 0 Å². The van der Waals surface area contributed by atoms with Crippen LogP contribution in [0.25, 0.3) is 0 Å². The molecule has 1 fully saturated rings. The molecule has 1 aromatic carbocycles. The summed E-state index contributed by atoms with van der Waals surface area (Å²) in [6.07, 6.45) is 3.75. The van der Waals surface area contributed by atoms with E-state index in [2.05, 4.69) is 24.5 Å². The minimum Gasteiger partial charge on any atom is -0.491 e. The van der Waals surface area contributed by atoms with Crippen molar-refractivity contribution in [1.29, 1.82) is 0 Å². The summed E-state index contributed by atoms with van der Waals surface area (Å²) in [5, 5.41) is 6.92. The lowest BCUT2D eigenvalue weighted by atomic mass is 9.84. The molecule has 4 nitrogen and oxygen atoms in total. The average molecular weight is 339 g/mol. The van der Waals surface area contributed by atoms with Crippen molar-refractivity contribution in [3.8, 4) is 5.75 Å².